The first-order valence-electron chi connectivity index (χ1n) is 7.93. The van der Waals surface area contributed by atoms with Crippen LogP contribution in [0.1, 0.15) is 25.5 Å². The van der Waals surface area contributed by atoms with Crippen LogP contribution in [0.4, 0.5) is 0 Å². The number of methoxy groups -OCH3 is 1. The predicted molar refractivity (Wildman–Crippen MR) is 82.6 cm³/mol. The minimum atomic E-state index is -1.15. The molecule has 2 aliphatic heterocycles. The first-order chi connectivity index (χ1) is 11.3. The van der Waals surface area contributed by atoms with E-state index in [4.69, 9.17) is 4.74 Å². The van der Waals surface area contributed by atoms with Gasteiger partial charge >= 0.3 is 5.97 Å². The van der Waals surface area contributed by atoms with E-state index in [0.717, 1.165) is 5.56 Å². The topological polar surface area (TPSA) is 101 Å². The molecule has 2 amide bonds. The molecule has 4 atom stereocenters. The number of nitrogens with zero attached hydrogens (tertiary/aromatic N) is 1. The van der Waals surface area contributed by atoms with Gasteiger partial charge in [-0.05, 0) is 31.2 Å². The highest BCUT2D eigenvalue weighted by molar-refractivity contribution is 6.08. The molecule has 3 rings (SSSR count). The van der Waals surface area contributed by atoms with E-state index >= 15 is 0 Å². The molecule has 2 aliphatic rings. The summed E-state index contributed by atoms with van der Waals surface area (Å²) in [6, 6.07) is 6.11. The van der Waals surface area contributed by atoms with Crippen LogP contribution in [0.25, 0.3) is 0 Å². The highest BCUT2D eigenvalue weighted by Gasteiger charge is 2.70. The average molecular weight is 333 g/mol. The van der Waals surface area contributed by atoms with Gasteiger partial charge in [0.1, 0.15) is 23.6 Å². The quantitative estimate of drug-likeness (QED) is 0.577. The van der Waals surface area contributed by atoms with Gasteiger partial charge in [-0.1, -0.05) is 0 Å². The second-order valence-electron chi connectivity index (χ2n) is 6.48. The normalized spacial score (nSPS) is 32.1. The number of ether oxygens (including phenoxy) is 1. The molecule has 3 N–H and O–H groups in total. The van der Waals surface area contributed by atoms with Crippen LogP contribution in [0.5, 0.6) is 5.75 Å². The summed E-state index contributed by atoms with van der Waals surface area (Å²) in [5, 5.41) is 11.2. The summed E-state index contributed by atoms with van der Waals surface area (Å²) in [6.07, 6.45) is 0. The molecule has 7 heteroatoms. The van der Waals surface area contributed by atoms with Crippen molar-refractivity contribution in [3.8, 4) is 5.75 Å². The summed E-state index contributed by atoms with van der Waals surface area (Å²) in [5.74, 6) is -2.35. The van der Waals surface area contributed by atoms with Crippen molar-refractivity contribution in [2.24, 2.45) is 11.8 Å². The van der Waals surface area contributed by atoms with Gasteiger partial charge in [0.25, 0.3) is 0 Å². The van der Waals surface area contributed by atoms with Gasteiger partial charge in [-0.25, -0.2) is 4.79 Å². The van der Waals surface area contributed by atoms with Crippen molar-refractivity contribution < 1.29 is 29.5 Å². The number of phenols is 1. The Morgan fingerprint density at radius 3 is 2.46 bits per heavy atom. The highest BCUT2D eigenvalue weighted by Crippen LogP contribution is 2.44. The SMILES string of the molecule is CCN1C(=O)[C@@H]2[C@@H](C1=O)[C@](C)(C(=O)OC)[NH2+][C@H]2c1ccc(O)cc1. The number of carbonyl (C=O) groups is 3. The van der Waals surface area contributed by atoms with E-state index in [0.29, 0.717) is 0 Å². The number of rotatable bonds is 3. The fourth-order valence-electron chi connectivity index (χ4n) is 4.05. The Hall–Kier alpha value is -2.41. The van der Waals surface area contributed by atoms with Gasteiger partial charge in [0.15, 0.2) is 0 Å². The molecule has 24 heavy (non-hydrogen) atoms. The lowest BCUT2D eigenvalue weighted by atomic mass is 9.80. The molecule has 2 heterocycles. The molecule has 128 valence electrons. The van der Waals surface area contributed by atoms with Crippen LogP contribution in [0, 0.1) is 11.8 Å². The first kappa shape index (κ1) is 16.4. The van der Waals surface area contributed by atoms with Crippen molar-refractivity contribution in [1.82, 2.24) is 4.90 Å². The van der Waals surface area contributed by atoms with E-state index in [2.05, 4.69) is 0 Å². The Morgan fingerprint density at radius 2 is 1.92 bits per heavy atom. The third-order valence-electron chi connectivity index (χ3n) is 5.22. The van der Waals surface area contributed by atoms with Crippen LogP contribution in [-0.4, -0.2) is 47.0 Å². The van der Waals surface area contributed by atoms with E-state index in [-0.39, 0.29) is 30.2 Å². The van der Waals surface area contributed by atoms with Crippen molar-refractivity contribution in [3.63, 3.8) is 0 Å². The second-order valence-corrected chi connectivity index (χ2v) is 6.48. The molecule has 1 aromatic rings. The van der Waals surface area contributed by atoms with Crippen molar-refractivity contribution in [2.75, 3.05) is 13.7 Å². The number of esters is 1. The number of phenolic OH excluding ortho intramolecular Hbond substituents is 1. The monoisotopic (exact) mass is 333 g/mol. The van der Waals surface area contributed by atoms with Gasteiger partial charge in [0.2, 0.25) is 17.4 Å². The van der Waals surface area contributed by atoms with E-state index < -0.39 is 23.3 Å². The van der Waals surface area contributed by atoms with Crippen LogP contribution in [0.2, 0.25) is 0 Å². The van der Waals surface area contributed by atoms with Crippen molar-refractivity contribution in [1.29, 1.82) is 0 Å². The van der Waals surface area contributed by atoms with E-state index in [1.54, 1.807) is 31.3 Å². The Morgan fingerprint density at radius 1 is 1.29 bits per heavy atom. The summed E-state index contributed by atoms with van der Waals surface area (Å²) in [6.45, 7) is 3.68. The number of benzene rings is 1. The van der Waals surface area contributed by atoms with Crippen LogP contribution < -0.4 is 5.32 Å². The fraction of sp³-hybridized carbons (Fsp3) is 0.471. The van der Waals surface area contributed by atoms with Crippen molar-refractivity contribution >= 4 is 17.8 Å². The zero-order valence-corrected chi connectivity index (χ0v) is 13.9. The average Bonchev–Trinajstić information content (AvgIpc) is 3.02. The molecule has 7 nitrogen and oxygen atoms in total. The number of fused-ring (bicyclic) bond motifs is 1. The lowest BCUT2D eigenvalue weighted by Gasteiger charge is -2.25. The number of carbonyl (C=O) groups excluding carboxylic acids is 3. The predicted octanol–water partition coefficient (Wildman–Crippen LogP) is -0.437. The Balaban J connectivity index is 2.09. The summed E-state index contributed by atoms with van der Waals surface area (Å²) in [5.41, 5.74) is -0.368. The molecule has 1 aromatic carbocycles. The number of hydrogen-bond acceptors (Lipinski definition) is 5. The van der Waals surface area contributed by atoms with Crippen LogP contribution >= 0.6 is 0 Å². The van der Waals surface area contributed by atoms with Crippen LogP contribution in [0.15, 0.2) is 24.3 Å². The molecule has 0 aromatic heterocycles. The number of imide groups is 1. The molecular weight excluding hydrogens is 312 g/mol. The number of quaternary nitrogens is 1. The first-order valence-corrected chi connectivity index (χ1v) is 7.93. The second kappa shape index (κ2) is 5.59. The molecule has 0 radical (unpaired) electrons. The van der Waals surface area contributed by atoms with E-state index in [1.807, 2.05) is 0 Å². The van der Waals surface area contributed by atoms with Crippen LogP contribution in [0.3, 0.4) is 0 Å². The van der Waals surface area contributed by atoms with E-state index in [1.165, 1.54) is 24.1 Å². The Labute approximate surface area is 139 Å². The van der Waals surface area contributed by atoms with Gasteiger partial charge in [-0.15, -0.1) is 0 Å². The Kier molecular flexibility index (Phi) is 3.83. The molecule has 0 spiro atoms. The summed E-state index contributed by atoms with van der Waals surface area (Å²) in [7, 11) is 1.28. The largest absolute Gasteiger partial charge is 0.508 e. The molecule has 0 bridgehead atoms. The lowest BCUT2D eigenvalue weighted by Crippen LogP contribution is -2.97. The van der Waals surface area contributed by atoms with Gasteiger partial charge in [0, 0.05) is 19.0 Å². The Bertz CT molecular complexity index is 701. The van der Waals surface area contributed by atoms with E-state index in [9.17, 15) is 19.5 Å². The smallest absolute Gasteiger partial charge is 0.368 e. The molecule has 0 unspecified atom stereocenters. The summed E-state index contributed by atoms with van der Waals surface area (Å²) < 4.78 is 4.91. The van der Waals surface area contributed by atoms with Crippen molar-refractivity contribution in [3.05, 3.63) is 29.8 Å². The molecule has 2 fully saturated rings. The number of nitrogens with two attached hydrogens (primary N) is 1. The molecule has 0 saturated carbocycles. The van der Waals surface area contributed by atoms with Gasteiger partial charge < -0.3 is 15.2 Å². The maximum atomic E-state index is 12.8. The third kappa shape index (κ3) is 2.11. The number of amides is 2. The summed E-state index contributed by atoms with van der Waals surface area (Å²) >= 11 is 0. The van der Waals surface area contributed by atoms with Gasteiger partial charge in [-0.2, -0.15) is 0 Å². The number of likely N-dealkylation sites (tertiary alicyclic amines) is 1. The highest BCUT2D eigenvalue weighted by atomic mass is 16.5. The third-order valence-corrected chi connectivity index (χ3v) is 5.22. The minimum Gasteiger partial charge on any atom is -0.508 e. The van der Waals surface area contributed by atoms with Gasteiger partial charge in [0.05, 0.1) is 7.11 Å². The fourth-order valence-corrected chi connectivity index (χ4v) is 4.05. The minimum absolute atomic E-state index is 0.119. The number of aromatic hydroxyl groups is 1. The number of hydrogen-bond donors (Lipinski definition) is 2. The molecular formula is C17H21N2O5+. The van der Waals surface area contributed by atoms with Crippen molar-refractivity contribution in [2.45, 2.75) is 25.4 Å². The maximum Gasteiger partial charge on any atom is 0.368 e. The zero-order valence-electron chi connectivity index (χ0n) is 13.9. The molecule has 2 saturated heterocycles. The lowest BCUT2D eigenvalue weighted by molar-refractivity contribution is -0.731. The maximum absolute atomic E-state index is 12.8. The zero-order chi connectivity index (χ0) is 17.6. The summed E-state index contributed by atoms with van der Waals surface area (Å²) in [4.78, 5) is 39.1. The standard InChI is InChI=1S/C17H20N2O5/c1-4-19-14(21)11-12(15(19)22)17(2,16(23)24-3)18-13(11)9-5-7-10(20)8-6-9/h5-8,11-13,18,20H,4H2,1-3H3/p+1/t11-,12+,13+,17-/m1/s1. The molecule has 0 aliphatic carbocycles. The van der Waals surface area contributed by atoms with Crippen LogP contribution in [-0.2, 0) is 19.1 Å². The van der Waals surface area contributed by atoms with Gasteiger partial charge in [-0.3, -0.25) is 14.5 Å².